The minimum Gasteiger partial charge on any atom is -0.481 e. The molecular weight excluding hydrogens is 124 g/mol. The highest BCUT2D eigenvalue weighted by Gasteiger charge is 2.08. The third kappa shape index (κ3) is 2.76. The minimum atomic E-state index is -0.841. The fourth-order valence-corrected chi connectivity index (χ4v) is 0.673. The molecule has 0 aliphatic rings. The van der Waals surface area contributed by atoms with Crippen molar-refractivity contribution in [3.8, 4) is 0 Å². The van der Waals surface area contributed by atoms with E-state index < -0.39 is 11.9 Å². The maximum atomic E-state index is 9.98. The standard InChI is InChI=1S/C4H8O3Si/c1-3(2-8-7)4(5)6/h3,7H,2H2,1H3,(H,5,6). The van der Waals surface area contributed by atoms with Crippen LogP contribution in [0.3, 0.4) is 0 Å². The summed E-state index contributed by atoms with van der Waals surface area (Å²) in [5.74, 6) is -1.25. The van der Waals surface area contributed by atoms with Gasteiger partial charge in [0.15, 0.2) is 0 Å². The predicted octanol–water partition coefficient (Wildman–Crippen LogP) is -0.263. The highest BCUT2D eigenvalue weighted by Crippen LogP contribution is 1.98. The molecule has 0 saturated heterocycles. The molecule has 4 heteroatoms. The van der Waals surface area contributed by atoms with Crippen LogP contribution in [0.15, 0.2) is 0 Å². The van der Waals surface area contributed by atoms with Crippen molar-refractivity contribution < 1.29 is 14.7 Å². The first-order valence-electron chi connectivity index (χ1n) is 2.28. The molecule has 0 aromatic rings. The van der Waals surface area contributed by atoms with Gasteiger partial charge in [-0.15, -0.1) is 0 Å². The van der Waals surface area contributed by atoms with Crippen LogP contribution >= 0.6 is 0 Å². The molecule has 0 heterocycles. The predicted molar refractivity (Wildman–Crippen MR) is 29.6 cm³/mol. The van der Waals surface area contributed by atoms with Gasteiger partial charge in [0.25, 0.3) is 0 Å². The molecule has 1 unspecified atom stereocenters. The van der Waals surface area contributed by atoms with Crippen LogP contribution in [0.2, 0.25) is 6.04 Å². The third-order valence-corrected chi connectivity index (χ3v) is 1.61. The smallest absolute Gasteiger partial charge is 0.305 e. The lowest BCUT2D eigenvalue weighted by Crippen LogP contribution is -2.10. The van der Waals surface area contributed by atoms with E-state index in [-0.39, 0.29) is 9.76 Å². The summed E-state index contributed by atoms with van der Waals surface area (Å²) in [6.45, 7) is 1.57. The van der Waals surface area contributed by atoms with Gasteiger partial charge in [0, 0.05) is 0 Å². The van der Waals surface area contributed by atoms with Crippen LogP contribution in [0.1, 0.15) is 6.92 Å². The summed E-state index contributed by atoms with van der Waals surface area (Å²) >= 11 is 0. The lowest BCUT2D eigenvalue weighted by Gasteiger charge is -1.98. The van der Waals surface area contributed by atoms with E-state index >= 15 is 0 Å². The molecule has 8 heavy (non-hydrogen) atoms. The summed E-state index contributed by atoms with van der Waals surface area (Å²) in [5.41, 5.74) is 0. The molecule has 0 saturated carbocycles. The van der Waals surface area contributed by atoms with Gasteiger partial charge in [-0.3, -0.25) is 4.79 Å². The number of carboxylic acid groups (broad SMARTS) is 1. The highest BCUT2D eigenvalue weighted by molar-refractivity contribution is 6.25. The lowest BCUT2D eigenvalue weighted by molar-refractivity contribution is -0.140. The van der Waals surface area contributed by atoms with Gasteiger partial charge >= 0.3 is 5.97 Å². The van der Waals surface area contributed by atoms with E-state index in [0.29, 0.717) is 6.04 Å². The average molecular weight is 132 g/mol. The molecule has 0 amide bonds. The first-order valence-corrected chi connectivity index (χ1v) is 3.43. The van der Waals surface area contributed by atoms with Gasteiger partial charge in [0.05, 0.1) is 5.92 Å². The topological polar surface area (TPSA) is 57.5 Å². The van der Waals surface area contributed by atoms with Gasteiger partial charge in [-0.25, -0.2) is 0 Å². The monoisotopic (exact) mass is 132 g/mol. The second-order valence-corrected chi connectivity index (χ2v) is 2.33. The largest absolute Gasteiger partial charge is 0.481 e. The average Bonchev–Trinajstić information content (AvgIpc) is 1.67. The van der Waals surface area contributed by atoms with Crippen molar-refractivity contribution in [2.45, 2.75) is 13.0 Å². The van der Waals surface area contributed by atoms with Crippen molar-refractivity contribution in [3.63, 3.8) is 0 Å². The van der Waals surface area contributed by atoms with E-state index in [4.69, 9.17) is 9.90 Å². The molecular formula is C4H8O3Si. The molecule has 2 radical (unpaired) electrons. The van der Waals surface area contributed by atoms with Crippen molar-refractivity contribution in [3.05, 3.63) is 0 Å². The second kappa shape index (κ2) is 3.62. The Morgan fingerprint density at radius 1 is 1.88 bits per heavy atom. The molecule has 0 spiro atoms. The van der Waals surface area contributed by atoms with Gasteiger partial charge in [-0.2, -0.15) is 0 Å². The molecule has 46 valence electrons. The minimum absolute atomic E-state index is 0.250. The first-order chi connectivity index (χ1) is 3.68. The summed E-state index contributed by atoms with van der Waals surface area (Å²) in [4.78, 5) is 18.2. The Bertz CT molecular complexity index is 83.4. The van der Waals surface area contributed by atoms with Crippen LogP contribution in [-0.4, -0.2) is 25.6 Å². The van der Waals surface area contributed by atoms with Crippen molar-refractivity contribution in [1.29, 1.82) is 0 Å². The summed E-state index contributed by atoms with van der Waals surface area (Å²) in [6, 6.07) is 0.370. The van der Waals surface area contributed by atoms with E-state index in [9.17, 15) is 4.79 Å². The van der Waals surface area contributed by atoms with Gasteiger partial charge in [-0.1, -0.05) is 6.92 Å². The normalized spacial score (nSPS) is 13.2. The fraction of sp³-hybridized carbons (Fsp3) is 0.750. The fourth-order valence-electron chi connectivity index (χ4n) is 0.224. The van der Waals surface area contributed by atoms with E-state index in [1.807, 2.05) is 0 Å². The molecule has 0 rings (SSSR count). The number of hydrogen-bond donors (Lipinski definition) is 2. The zero-order valence-corrected chi connectivity index (χ0v) is 5.59. The van der Waals surface area contributed by atoms with Crippen LogP contribution in [0.25, 0.3) is 0 Å². The molecule has 2 N–H and O–H groups in total. The number of hydrogen-bond acceptors (Lipinski definition) is 2. The summed E-state index contributed by atoms with van der Waals surface area (Å²) in [7, 11) is -0.250. The van der Waals surface area contributed by atoms with Crippen molar-refractivity contribution in [1.82, 2.24) is 0 Å². The Balaban J connectivity index is 3.32. The van der Waals surface area contributed by atoms with Gasteiger partial charge in [0.1, 0.15) is 0 Å². The van der Waals surface area contributed by atoms with Crippen molar-refractivity contribution in [2.24, 2.45) is 5.92 Å². The lowest BCUT2D eigenvalue weighted by atomic mass is 10.2. The van der Waals surface area contributed by atoms with Crippen LogP contribution in [0.5, 0.6) is 0 Å². The molecule has 1 atom stereocenters. The Labute approximate surface area is 50.3 Å². The molecule has 0 aliphatic heterocycles. The molecule has 0 aliphatic carbocycles. The zero-order chi connectivity index (χ0) is 6.57. The molecule has 0 bridgehead atoms. The first kappa shape index (κ1) is 7.65. The van der Waals surface area contributed by atoms with Gasteiger partial charge in [-0.05, 0) is 6.04 Å². The number of carbonyl (C=O) groups is 1. The Hall–Kier alpha value is -0.353. The third-order valence-electron chi connectivity index (χ3n) is 0.819. The number of carboxylic acids is 1. The van der Waals surface area contributed by atoms with E-state index in [1.54, 1.807) is 6.92 Å². The molecule has 0 aromatic carbocycles. The van der Waals surface area contributed by atoms with Crippen molar-refractivity contribution in [2.75, 3.05) is 0 Å². The maximum Gasteiger partial charge on any atom is 0.305 e. The van der Waals surface area contributed by atoms with Gasteiger partial charge < -0.3 is 9.90 Å². The second-order valence-electron chi connectivity index (χ2n) is 1.60. The Morgan fingerprint density at radius 3 is 2.50 bits per heavy atom. The quantitative estimate of drug-likeness (QED) is 0.520. The Morgan fingerprint density at radius 2 is 2.38 bits per heavy atom. The highest BCUT2D eigenvalue weighted by atomic mass is 28.2. The summed E-state index contributed by atoms with van der Waals surface area (Å²) in [6.07, 6.45) is 0. The summed E-state index contributed by atoms with van der Waals surface area (Å²) < 4.78 is 0. The maximum absolute atomic E-state index is 9.98. The van der Waals surface area contributed by atoms with E-state index in [1.165, 1.54) is 0 Å². The van der Waals surface area contributed by atoms with Crippen LogP contribution < -0.4 is 0 Å². The van der Waals surface area contributed by atoms with Crippen LogP contribution in [-0.2, 0) is 4.79 Å². The molecule has 3 nitrogen and oxygen atoms in total. The van der Waals surface area contributed by atoms with Crippen molar-refractivity contribution >= 4 is 15.7 Å². The Kier molecular flexibility index (Phi) is 3.46. The van der Waals surface area contributed by atoms with E-state index in [0.717, 1.165) is 0 Å². The van der Waals surface area contributed by atoms with Crippen LogP contribution in [0.4, 0.5) is 0 Å². The van der Waals surface area contributed by atoms with Crippen LogP contribution in [0, 0.1) is 5.92 Å². The summed E-state index contributed by atoms with van der Waals surface area (Å²) in [5, 5.41) is 8.21. The number of aliphatic carboxylic acids is 1. The SMILES string of the molecule is CC(C[Si]O)C(=O)O. The number of rotatable bonds is 3. The molecule has 0 fully saturated rings. The molecule has 0 aromatic heterocycles. The van der Waals surface area contributed by atoms with E-state index in [2.05, 4.69) is 0 Å². The zero-order valence-electron chi connectivity index (χ0n) is 4.59. The van der Waals surface area contributed by atoms with Gasteiger partial charge in [0.2, 0.25) is 9.76 Å².